The number of benzene rings is 2. The average Bonchev–Trinajstić information content (AvgIpc) is 2.88. The summed E-state index contributed by atoms with van der Waals surface area (Å²) >= 11 is 0. The molecule has 0 saturated carbocycles. The summed E-state index contributed by atoms with van der Waals surface area (Å²) in [5.74, 6) is 0.966. The van der Waals surface area contributed by atoms with Crippen molar-refractivity contribution >= 4 is 33.0 Å². The summed E-state index contributed by atoms with van der Waals surface area (Å²) in [4.78, 5) is 7.55. The third-order valence-corrected chi connectivity index (χ3v) is 7.28. The molecule has 2 heterocycles. The molecular weight excluding hydrogens is 402 g/mol. The molecule has 1 atom stereocenters. The fraction of sp³-hybridized carbons (Fsp3) is 0.318. The topological polar surface area (TPSA) is 109 Å². The quantitative estimate of drug-likeness (QED) is 0.423. The zero-order valence-electron chi connectivity index (χ0n) is 16.8. The number of para-hydroxylation sites is 1. The molecule has 4 rings (SSSR count). The largest absolute Gasteiger partial charge is 0.394 e. The maximum Gasteiger partial charge on any atom is 0.131 e. The van der Waals surface area contributed by atoms with Gasteiger partial charge in [0.05, 0.1) is 28.9 Å². The van der Waals surface area contributed by atoms with E-state index >= 15 is 0 Å². The first kappa shape index (κ1) is 20.9. The highest BCUT2D eigenvalue weighted by atomic mass is 32.3. The summed E-state index contributed by atoms with van der Waals surface area (Å²) < 4.78 is 21.3. The Hall–Kier alpha value is -2.36. The molecule has 8 heteroatoms. The lowest BCUT2D eigenvalue weighted by Gasteiger charge is -2.32. The second-order valence-corrected chi connectivity index (χ2v) is 9.80. The van der Waals surface area contributed by atoms with Gasteiger partial charge in [0.2, 0.25) is 0 Å². The SMILES string of the molecule is Cc1cccc2c(NC[C@@H](O)CO)cc(N3CCS(O)(O)c4ccccc4C3)nc12. The van der Waals surface area contributed by atoms with Crippen molar-refractivity contribution in [3.8, 4) is 0 Å². The van der Waals surface area contributed by atoms with Crippen LogP contribution < -0.4 is 10.2 Å². The van der Waals surface area contributed by atoms with Crippen LogP contribution in [0.1, 0.15) is 11.1 Å². The summed E-state index contributed by atoms with van der Waals surface area (Å²) in [6.07, 6.45) is -0.862. The number of aryl methyl sites for hydroxylation is 1. The van der Waals surface area contributed by atoms with Gasteiger partial charge in [0, 0.05) is 36.8 Å². The number of aromatic nitrogens is 1. The molecule has 0 fully saturated rings. The van der Waals surface area contributed by atoms with Crippen molar-refractivity contribution in [3.05, 3.63) is 59.7 Å². The highest BCUT2D eigenvalue weighted by Crippen LogP contribution is 2.51. The van der Waals surface area contributed by atoms with E-state index in [1.54, 1.807) is 6.07 Å². The predicted molar refractivity (Wildman–Crippen MR) is 122 cm³/mol. The van der Waals surface area contributed by atoms with E-state index in [0.717, 1.165) is 33.5 Å². The van der Waals surface area contributed by atoms with Crippen LogP contribution >= 0.6 is 10.6 Å². The molecule has 1 aromatic heterocycles. The summed E-state index contributed by atoms with van der Waals surface area (Å²) in [6.45, 7) is 2.88. The van der Waals surface area contributed by atoms with E-state index in [1.165, 1.54) is 0 Å². The van der Waals surface area contributed by atoms with Crippen molar-refractivity contribution < 1.29 is 19.3 Å². The van der Waals surface area contributed by atoms with Crippen LogP contribution in [0.15, 0.2) is 53.4 Å². The fourth-order valence-electron chi connectivity index (χ4n) is 3.76. The Morgan fingerprint density at radius 1 is 1.17 bits per heavy atom. The van der Waals surface area contributed by atoms with Gasteiger partial charge in [-0.05, 0) is 24.1 Å². The zero-order chi connectivity index (χ0) is 21.3. The molecule has 0 aliphatic carbocycles. The first-order valence-electron chi connectivity index (χ1n) is 9.91. The van der Waals surface area contributed by atoms with Crippen LogP contribution in [-0.2, 0) is 6.54 Å². The van der Waals surface area contributed by atoms with Gasteiger partial charge in [-0.25, -0.2) is 4.98 Å². The lowest BCUT2D eigenvalue weighted by Crippen LogP contribution is -2.27. The van der Waals surface area contributed by atoms with Gasteiger partial charge in [-0.3, -0.25) is 9.11 Å². The Labute approximate surface area is 177 Å². The van der Waals surface area contributed by atoms with Crippen LogP contribution in [0.2, 0.25) is 0 Å². The van der Waals surface area contributed by atoms with Crippen molar-refractivity contribution in [1.29, 1.82) is 0 Å². The smallest absolute Gasteiger partial charge is 0.131 e. The molecule has 0 radical (unpaired) electrons. The Balaban J connectivity index is 1.76. The van der Waals surface area contributed by atoms with Gasteiger partial charge in [-0.1, -0.05) is 36.4 Å². The monoisotopic (exact) mass is 429 g/mol. The molecule has 0 amide bonds. The van der Waals surface area contributed by atoms with Crippen molar-refractivity contribution in [3.63, 3.8) is 0 Å². The highest BCUT2D eigenvalue weighted by molar-refractivity contribution is 8.24. The van der Waals surface area contributed by atoms with Gasteiger partial charge in [0.15, 0.2) is 0 Å². The van der Waals surface area contributed by atoms with E-state index in [2.05, 4.69) is 10.2 Å². The van der Waals surface area contributed by atoms with Crippen LogP contribution in [0.4, 0.5) is 11.5 Å². The number of anilines is 2. The summed E-state index contributed by atoms with van der Waals surface area (Å²) in [7, 11) is -2.85. The first-order valence-corrected chi connectivity index (χ1v) is 11.6. The van der Waals surface area contributed by atoms with Crippen molar-refractivity contribution in [2.24, 2.45) is 0 Å². The first-order chi connectivity index (χ1) is 14.4. The lowest BCUT2D eigenvalue weighted by molar-refractivity contribution is 0.105. The molecular formula is C22H27N3O4S. The molecule has 30 heavy (non-hydrogen) atoms. The summed E-state index contributed by atoms with van der Waals surface area (Å²) in [5.41, 5.74) is 3.57. The summed E-state index contributed by atoms with van der Waals surface area (Å²) in [6, 6.07) is 15.3. The van der Waals surface area contributed by atoms with Gasteiger partial charge in [0.25, 0.3) is 0 Å². The maximum atomic E-state index is 10.6. The van der Waals surface area contributed by atoms with Crippen molar-refractivity contribution in [2.45, 2.75) is 24.5 Å². The Morgan fingerprint density at radius 2 is 1.97 bits per heavy atom. The fourth-order valence-corrected chi connectivity index (χ4v) is 5.30. The van der Waals surface area contributed by atoms with Gasteiger partial charge >= 0.3 is 0 Å². The molecule has 5 N–H and O–H groups in total. The van der Waals surface area contributed by atoms with Crippen LogP contribution in [0.5, 0.6) is 0 Å². The summed E-state index contributed by atoms with van der Waals surface area (Å²) in [5, 5.41) is 23.1. The molecule has 0 bridgehead atoms. The number of fused-ring (bicyclic) bond motifs is 2. The number of nitrogens with zero attached hydrogens (tertiary/aromatic N) is 2. The molecule has 160 valence electrons. The van der Waals surface area contributed by atoms with Gasteiger partial charge in [-0.15, -0.1) is 0 Å². The Kier molecular flexibility index (Phi) is 5.86. The molecule has 7 nitrogen and oxygen atoms in total. The molecule has 1 aliphatic heterocycles. The van der Waals surface area contributed by atoms with Gasteiger partial charge in [0.1, 0.15) is 5.82 Å². The van der Waals surface area contributed by atoms with Crippen LogP contribution in [0.3, 0.4) is 0 Å². The number of pyridine rings is 1. The van der Waals surface area contributed by atoms with Crippen LogP contribution in [0.25, 0.3) is 10.9 Å². The second-order valence-electron chi connectivity index (χ2n) is 7.62. The number of hydrogen-bond acceptors (Lipinski definition) is 7. The molecule has 0 unspecified atom stereocenters. The van der Waals surface area contributed by atoms with E-state index in [1.807, 2.05) is 49.4 Å². The average molecular weight is 430 g/mol. The minimum absolute atomic E-state index is 0.215. The molecule has 0 spiro atoms. The van der Waals surface area contributed by atoms with Crippen molar-refractivity contribution in [1.82, 2.24) is 4.98 Å². The maximum absolute atomic E-state index is 10.6. The molecule has 0 saturated heterocycles. The zero-order valence-corrected chi connectivity index (χ0v) is 17.6. The predicted octanol–water partition coefficient (Wildman–Crippen LogP) is 3.44. The Morgan fingerprint density at radius 3 is 2.77 bits per heavy atom. The lowest BCUT2D eigenvalue weighted by atomic mass is 10.1. The van der Waals surface area contributed by atoms with Crippen LogP contribution in [0, 0.1) is 6.92 Å². The third kappa shape index (κ3) is 4.10. The minimum atomic E-state index is -2.85. The van der Waals surface area contributed by atoms with E-state index in [0.29, 0.717) is 18.0 Å². The van der Waals surface area contributed by atoms with Gasteiger partial charge in [-0.2, -0.15) is 10.6 Å². The van der Waals surface area contributed by atoms with Crippen molar-refractivity contribution in [2.75, 3.05) is 35.7 Å². The normalized spacial score (nSPS) is 17.8. The number of aliphatic hydroxyl groups excluding tert-OH is 2. The molecule has 2 aromatic carbocycles. The molecule has 3 aromatic rings. The van der Waals surface area contributed by atoms with E-state index in [9.17, 15) is 14.2 Å². The van der Waals surface area contributed by atoms with Gasteiger partial charge < -0.3 is 20.4 Å². The van der Waals surface area contributed by atoms with Crippen LogP contribution in [-0.4, -0.2) is 55.9 Å². The number of nitrogens with one attached hydrogen (secondary N) is 1. The van der Waals surface area contributed by atoms with E-state index < -0.39 is 16.7 Å². The molecule has 1 aliphatic rings. The minimum Gasteiger partial charge on any atom is -0.394 e. The van der Waals surface area contributed by atoms with E-state index in [-0.39, 0.29) is 18.9 Å². The number of rotatable bonds is 5. The Bertz CT molecular complexity index is 1060. The standard InChI is InChI=1S/C22H27N3O4S/c1-15-5-4-7-18-19(23-12-17(27)14-26)11-21(24-22(15)18)25-9-10-30(28,29)20-8-3-2-6-16(20)13-25/h2-8,11,17,26-29H,9-10,12-14H2,1H3,(H,23,24)/t17-/m1/s1. The van der Waals surface area contributed by atoms with E-state index in [4.69, 9.17) is 10.1 Å². The number of aliphatic hydroxyl groups is 2. The second kappa shape index (κ2) is 8.41. The third-order valence-electron chi connectivity index (χ3n) is 5.42. The highest BCUT2D eigenvalue weighted by Gasteiger charge is 2.26. The number of hydrogen-bond donors (Lipinski definition) is 5.